The number of halogens is 1. The maximum Gasteiger partial charge on any atom is 0.309 e. The molecule has 0 aromatic heterocycles. The van der Waals surface area contributed by atoms with E-state index in [9.17, 15) is 18.0 Å². The Balaban J connectivity index is 2.13. The lowest BCUT2D eigenvalue weighted by molar-refractivity contribution is -0.151. The fraction of sp³-hybridized carbons (Fsp3) is 0.556. The molecule has 0 bridgehead atoms. The summed E-state index contributed by atoms with van der Waals surface area (Å²) in [7, 11) is -3.70. The molecule has 1 aromatic carbocycles. The van der Waals surface area contributed by atoms with Crippen molar-refractivity contribution in [2.45, 2.75) is 32.7 Å². The average Bonchev–Trinajstić information content (AvgIpc) is 2.60. The summed E-state index contributed by atoms with van der Waals surface area (Å²) in [5.41, 5.74) is 0.340. The number of carbonyl (C=O) groups excluding carboxylic acids is 2. The number of sulfonamides is 1. The quantitative estimate of drug-likeness (QED) is 0.664. The van der Waals surface area contributed by atoms with E-state index in [1.807, 2.05) is 0 Å². The Morgan fingerprint density at radius 3 is 2.48 bits per heavy atom. The standard InChI is InChI=1S/C18H25ClN2O5S/c1-4-26-18(23)14-8-10-20(11-9-14)17(22)13(2)21(27(3,24)25)16-7-5-6-15(19)12-16/h5-7,12-14H,4,8-11H2,1-3H3. The van der Waals surface area contributed by atoms with Crippen LogP contribution in [0.2, 0.25) is 5.02 Å². The highest BCUT2D eigenvalue weighted by atomic mass is 35.5. The Labute approximate surface area is 165 Å². The molecule has 1 aromatic rings. The zero-order valence-electron chi connectivity index (χ0n) is 15.7. The topological polar surface area (TPSA) is 84.0 Å². The van der Waals surface area contributed by atoms with Crippen LogP contribution in [-0.4, -0.2) is 57.2 Å². The van der Waals surface area contributed by atoms with E-state index >= 15 is 0 Å². The van der Waals surface area contributed by atoms with Crippen LogP contribution in [0.5, 0.6) is 0 Å². The molecule has 2 rings (SSSR count). The van der Waals surface area contributed by atoms with Crippen LogP contribution in [0, 0.1) is 5.92 Å². The minimum absolute atomic E-state index is 0.219. The second kappa shape index (κ2) is 8.93. The Hall–Kier alpha value is -1.80. The summed E-state index contributed by atoms with van der Waals surface area (Å²) in [6, 6.07) is 5.47. The second-order valence-corrected chi connectivity index (χ2v) is 8.86. The largest absolute Gasteiger partial charge is 0.466 e. The van der Waals surface area contributed by atoms with Crippen LogP contribution >= 0.6 is 11.6 Å². The summed E-state index contributed by atoms with van der Waals surface area (Å²) in [6.07, 6.45) is 2.07. The summed E-state index contributed by atoms with van der Waals surface area (Å²) in [5, 5.41) is 0.385. The molecule has 150 valence electrons. The molecule has 1 unspecified atom stereocenters. The van der Waals surface area contributed by atoms with Gasteiger partial charge in [0.1, 0.15) is 6.04 Å². The number of piperidine rings is 1. The Morgan fingerprint density at radius 1 is 1.33 bits per heavy atom. The van der Waals surface area contributed by atoms with Gasteiger partial charge in [-0.1, -0.05) is 17.7 Å². The van der Waals surface area contributed by atoms with Gasteiger partial charge in [0.15, 0.2) is 0 Å². The Kier molecular flexibility index (Phi) is 7.11. The normalized spacial score (nSPS) is 16.7. The van der Waals surface area contributed by atoms with E-state index in [4.69, 9.17) is 16.3 Å². The highest BCUT2D eigenvalue weighted by molar-refractivity contribution is 7.92. The van der Waals surface area contributed by atoms with E-state index in [0.29, 0.717) is 43.2 Å². The van der Waals surface area contributed by atoms with Gasteiger partial charge in [-0.3, -0.25) is 13.9 Å². The molecule has 0 spiro atoms. The molecule has 1 heterocycles. The van der Waals surface area contributed by atoms with Crippen molar-refractivity contribution in [3.63, 3.8) is 0 Å². The summed E-state index contributed by atoms with van der Waals surface area (Å²) in [4.78, 5) is 26.4. The van der Waals surface area contributed by atoms with E-state index in [1.165, 1.54) is 6.07 Å². The molecule has 9 heteroatoms. The van der Waals surface area contributed by atoms with Gasteiger partial charge >= 0.3 is 5.97 Å². The first kappa shape index (κ1) is 21.5. The molecule has 1 aliphatic heterocycles. The predicted molar refractivity (Wildman–Crippen MR) is 104 cm³/mol. The molecule has 1 aliphatic rings. The fourth-order valence-corrected chi connectivity index (χ4v) is 4.62. The lowest BCUT2D eigenvalue weighted by atomic mass is 9.96. The number of ether oxygens (including phenoxy) is 1. The maximum atomic E-state index is 12.9. The van der Waals surface area contributed by atoms with Gasteiger partial charge in [0.2, 0.25) is 15.9 Å². The number of carbonyl (C=O) groups is 2. The molecule has 1 fully saturated rings. The third-order valence-electron chi connectivity index (χ3n) is 4.56. The molecular formula is C18H25ClN2O5S. The van der Waals surface area contributed by atoms with E-state index in [2.05, 4.69) is 0 Å². The fourth-order valence-electron chi connectivity index (χ4n) is 3.28. The van der Waals surface area contributed by atoms with Crippen molar-refractivity contribution in [2.24, 2.45) is 5.92 Å². The molecular weight excluding hydrogens is 392 g/mol. The number of amides is 1. The highest BCUT2D eigenvalue weighted by Gasteiger charge is 2.35. The SMILES string of the molecule is CCOC(=O)C1CCN(C(=O)C(C)N(c2cccc(Cl)c2)S(C)(=O)=O)CC1. The number of likely N-dealkylation sites (tertiary alicyclic amines) is 1. The van der Waals surface area contributed by atoms with E-state index in [0.717, 1.165) is 10.6 Å². The third-order valence-corrected chi connectivity index (χ3v) is 6.03. The van der Waals surface area contributed by atoms with E-state index in [-0.39, 0.29) is 17.8 Å². The van der Waals surface area contributed by atoms with Gasteiger partial charge in [-0.25, -0.2) is 8.42 Å². The van der Waals surface area contributed by atoms with Crippen molar-refractivity contribution in [1.82, 2.24) is 4.90 Å². The average molecular weight is 417 g/mol. The number of anilines is 1. The zero-order valence-corrected chi connectivity index (χ0v) is 17.3. The van der Waals surface area contributed by atoms with Crippen molar-refractivity contribution >= 4 is 39.2 Å². The number of hydrogen-bond acceptors (Lipinski definition) is 5. The summed E-state index contributed by atoms with van der Waals surface area (Å²) >= 11 is 5.98. The smallest absolute Gasteiger partial charge is 0.309 e. The number of nitrogens with zero attached hydrogens (tertiary/aromatic N) is 2. The highest BCUT2D eigenvalue weighted by Crippen LogP contribution is 2.26. The minimum Gasteiger partial charge on any atom is -0.466 e. The molecule has 27 heavy (non-hydrogen) atoms. The molecule has 0 radical (unpaired) electrons. The Bertz CT molecular complexity index is 791. The van der Waals surface area contributed by atoms with Crippen LogP contribution in [-0.2, 0) is 24.3 Å². The molecule has 7 nitrogen and oxygen atoms in total. The van der Waals surface area contributed by atoms with Crippen LogP contribution < -0.4 is 4.31 Å². The van der Waals surface area contributed by atoms with Gasteiger partial charge < -0.3 is 9.64 Å². The van der Waals surface area contributed by atoms with Gasteiger partial charge in [-0.05, 0) is 44.9 Å². The summed E-state index contributed by atoms with van der Waals surface area (Å²) < 4.78 is 30.8. The number of hydrogen-bond donors (Lipinski definition) is 0. The first-order valence-corrected chi connectivity index (χ1v) is 11.1. The first-order chi connectivity index (χ1) is 12.6. The molecule has 0 saturated carbocycles. The molecule has 0 aliphatic carbocycles. The zero-order chi connectivity index (χ0) is 20.2. The van der Waals surface area contributed by atoms with Gasteiger partial charge in [0.05, 0.1) is 24.5 Å². The summed E-state index contributed by atoms with van der Waals surface area (Å²) in [6.45, 7) is 4.42. The van der Waals surface area contributed by atoms with Crippen LogP contribution in [0.4, 0.5) is 5.69 Å². The molecule has 0 N–H and O–H groups in total. The van der Waals surface area contributed by atoms with Crippen molar-refractivity contribution < 1.29 is 22.7 Å². The predicted octanol–water partition coefficient (Wildman–Crippen LogP) is 2.30. The third kappa shape index (κ3) is 5.35. The van der Waals surface area contributed by atoms with Crippen LogP contribution in [0.15, 0.2) is 24.3 Å². The summed E-state index contributed by atoms with van der Waals surface area (Å²) in [5.74, 6) is -0.764. The maximum absolute atomic E-state index is 12.9. The van der Waals surface area contributed by atoms with Gasteiger partial charge in [-0.2, -0.15) is 0 Å². The Morgan fingerprint density at radius 2 is 1.96 bits per heavy atom. The van der Waals surface area contributed by atoms with Crippen molar-refractivity contribution in [3.05, 3.63) is 29.3 Å². The second-order valence-electron chi connectivity index (χ2n) is 6.57. The number of benzene rings is 1. The van der Waals surface area contributed by atoms with Crippen LogP contribution in [0.3, 0.4) is 0 Å². The monoisotopic (exact) mass is 416 g/mol. The number of esters is 1. The molecule has 1 saturated heterocycles. The van der Waals surface area contributed by atoms with Gasteiger partial charge in [-0.15, -0.1) is 0 Å². The minimum atomic E-state index is -3.70. The van der Waals surface area contributed by atoms with Gasteiger partial charge in [0, 0.05) is 18.1 Å². The van der Waals surface area contributed by atoms with Crippen LogP contribution in [0.1, 0.15) is 26.7 Å². The number of rotatable bonds is 6. The van der Waals surface area contributed by atoms with Crippen molar-refractivity contribution in [2.75, 3.05) is 30.3 Å². The van der Waals surface area contributed by atoms with Gasteiger partial charge in [0.25, 0.3) is 0 Å². The van der Waals surface area contributed by atoms with Crippen molar-refractivity contribution in [1.29, 1.82) is 0 Å². The molecule has 1 atom stereocenters. The van der Waals surface area contributed by atoms with Crippen LogP contribution in [0.25, 0.3) is 0 Å². The van der Waals surface area contributed by atoms with E-state index in [1.54, 1.807) is 36.9 Å². The first-order valence-electron chi connectivity index (χ1n) is 8.85. The van der Waals surface area contributed by atoms with Crippen molar-refractivity contribution in [3.8, 4) is 0 Å². The lowest BCUT2D eigenvalue weighted by Gasteiger charge is -2.36. The van der Waals surface area contributed by atoms with E-state index < -0.39 is 16.1 Å². The lowest BCUT2D eigenvalue weighted by Crippen LogP contribution is -2.51. The molecule has 1 amide bonds.